The van der Waals surface area contributed by atoms with E-state index in [0.717, 1.165) is 0 Å². The molecule has 8 nitrogen and oxygen atoms in total. The summed E-state index contributed by atoms with van der Waals surface area (Å²) in [6.45, 7) is 10.2. The van der Waals surface area contributed by atoms with Crippen LogP contribution >= 0.6 is 11.6 Å². The Morgan fingerprint density at radius 3 is 2.34 bits per heavy atom. The molecule has 29 heavy (non-hydrogen) atoms. The summed E-state index contributed by atoms with van der Waals surface area (Å²) in [5.41, 5.74) is -0.226. The first-order valence-electron chi connectivity index (χ1n) is 9.04. The maximum absolute atomic E-state index is 12.4. The maximum atomic E-state index is 12.4. The largest absolute Gasteiger partial charge is 1.00 e. The number of hydrogen-bond acceptors (Lipinski definition) is 7. The van der Waals surface area contributed by atoms with E-state index in [-0.39, 0.29) is 64.7 Å². The molecule has 1 aliphatic rings. The smallest absolute Gasteiger partial charge is 0.545 e. The fraction of sp³-hybridized carbons (Fsp3) is 0.526. The average Bonchev–Trinajstić information content (AvgIpc) is 2.94. The van der Waals surface area contributed by atoms with Gasteiger partial charge in [-0.2, -0.15) is 4.98 Å². The van der Waals surface area contributed by atoms with E-state index in [1.54, 1.807) is 4.90 Å². The molecule has 152 valence electrons. The minimum atomic E-state index is -1.37. The predicted octanol–water partition coefficient (Wildman–Crippen LogP) is -0.317. The van der Waals surface area contributed by atoms with Crippen molar-refractivity contribution in [3.8, 4) is 0 Å². The predicted molar refractivity (Wildman–Crippen MR) is 103 cm³/mol. The van der Waals surface area contributed by atoms with Gasteiger partial charge in [0.05, 0.1) is 5.97 Å². The number of rotatable bonds is 2. The van der Waals surface area contributed by atoms with Crippen molar-refractivity contribution in [2.24, 2.45) is 0 Å². The van der Waals surface area contributed by atoms with Gasteiger partial charge in [0.15, 0.2) is 5.58 Å². The molecule has 1 saturated heterocycles. The average molecular weight is 416 g/mol. The van der Waals surface area contributed by atoms with Crippen molar-refractivity contribution in [1.29, 1.82) is 0 Å². The number of amides is 1. The number of nitrogens with zero attached hydrogens (tertiary/aromatic N) is 3. The Labute approximate surface area is 186 Å². The van der Waals surface area contributed by atoms with Gasteiger partial charge >= 0.3 is 25.0 Å². The van der Waals surface area contributed by atoms with Crippen molar-refractivity contribution in [1.82, 2.24) is 9.88 Å². The molecule has 1 amide bonds. The van der Waals surface area contributed by atoms with Crippen molar-refractivity contribution in [3.05, 3.63) is 22.7 Å². The number of aromatic carboxylic acids is 1. The van der Waals surface area contributed by atoms with Crippen LogP contribution in [0.25, 0.3) is 11.1 Å². The molecule has 1 aromatic carbocycles. The van der Waals surface area contributed by atoms with Gasteiger partial charge in [-0.05, 0) is 40.7 Å². The molecule has 10 heteroatoms. The molecule has 3 rings (SSSR count). The Hall–Kier alpha value is -1.88. The Balaban J connectivity index is 0.00000300. The van der Waals surface area contributed by atoms with E-state index in [9.17, 15) is 14.7 Å². The number of carbonyl (C=O) groups excluding carboxylic acids is 2. The fourth-order valence-electron chi connectivity index (χ4n) is 3.43. The molecule has 0 spiro atoms. The van der Waals surface area contributed by atoms with Gasteiger partial charge in [0.25, 0.3) is 6.01 Å². The van der Waals surface area contributed by atoms with Crippen molar-refractivity contribution in [2.75, 3.05) is 18.0 Å². The number of hydrogen-bond donors (Lipinski definition) is 0. The number of halogens is 1. The van der Waals surface area contributed by atoms with Crippen LogP contribution in [0, 0.1) is 0 Å². The summed E-state index contributed by atoms with van der Waals surface area (Å²) >= 11 is 5.98. The zero-order valence-electron chi connectivity index (χ0n) is 17.5. The van der Waals surface area contributed by atoms with Crippen LogP contribution in [0.1, 0.15) is 45.0 Å². The van der Waals surface area contributed by atoms with E-state index in [0.29, 0.717) is 13.1 Å². The zero-order valence-corrected chi connectivity index (χ0v) is 18.2. The molecule has 0 unspecified atom stereocenters. The number of carbonyl (C=O) groups is 2. The van der Waals surface area contributed by atoms with E-state index in [1.807, 2.05) is 39.5 Å². The van der Waals surface area contributed by atoms with Gasteiger partial charge in [-0.15, -0.1) is 0 Å². The molecule has 1 aliphatic heterocycles. The molecule has 0 radical (unpaired) electrons. The summed E-state index contributed by atoms with van der Waals surface area (Å²) in [5.74, 6) is -1.37. The van der Waals surface area contributed by atoms with Crippen LogP contribution in [-0.4, -0.2) is 52.7 Å². The summed E-state index contributed by atoms with van der Waals surface area (Å²) in [5, 5.41) is 11.6. The number of carboxylic acid groups (broad SMARTS) is 1. The molecule has 2 aromatic rings. The van der Waals surface area contributed by atoms with Crippen LogP contribution in [0.3, 0.4) is 0 Å². The number of oxazole rings is 1. The molecule has 0 bridgehead atoms. The molecule has 2 heterocycles. The quantitative estimate of drug-likeness (QED) is 0.620. The van der Waals surface area contributed by atoms with Crippen molar-refractivity contribution in [3.63, 3.8) is 0 Å². The molecule has 1 fully saturated rings. The first kappa shape index (κ1) is 23.4. The Bertz CT molecular complexity index is 914. The second-order valence-corrected chi connectivity index (χ2v) is 8.51. The molecular weight excluding hydrogens is 393 g/mol. The van der Waals surface area contributed by atoms with Crippen LogP contribution in [-0.2, 0) is 4.74 Å². The number of piperazine rings is 1. The van der Waals surface area contributed by atoms with E-state index >= 15 is 0 Å². The molecule has 0 N–H and O–H groups in total. The van der Waals surface area contributed by atoms with Crippen LogP contribution in [0.15, 0.2) is 16.5 Å². The van der Waals surface area contributed by atoms with Gasteiger partial charge < -0.3 is 28.9 Å². The summed E-state index contributed by atoms with van der Waals surface area (Å²) in [4.78, 5) is 31.7. The molecule has 1 aromatic heterocycles. The van der Waals surface area contributed by atoms with Gasteiger partial charge in [-0.1, -0.05) is 11.6 Å². The van der Waals surface area contributed by atoms with E-state index in [4.69, 9.17) is 20.8 Å². The van der Waals surface area contributed by atoms with Crippen molar-refractivity contribution in [2.45, 2.75) is 52.3 Å². The fourth-order valence-corrected chi connectivity index (χ4v) is 3.63. The van der Waals surface area contributed by atoms with Crippen molar-refractivity contribution >= 4 is 40.8 Å². The third-order valence-electron chi connectivity index (χ3n) is 4.46. The minimum absolute atomic E-state index is 0. The van der Waals surface area contributed by atoms with Gasteiger partial charge in [-0.25, -0.2) is 4.79 Å². The van der Waals surface area contributed by atoms with Gasteiger partial charge in [0.1, 0.15) is 11.1 Å². The number of benzene rings is 1. The van der Waals surface area contributed by atoms with Crippen LogP contribution in [0.4, 0.5) is 10.8 Å². The Morgan fingerprint density at radius 2 is 1.83 bits per heavy atom. The third kappa shape index (κ3) is 5.00. The molecular formula is C19H23ClLiN3O5. The Kier molecular flexibility index (Phi) is 6.83. The molecule has 2 atom stereocenters. The van der Waals surface area contributed by atoms with Crippen LogP contribution < -0.4 is 28.9 Å². The zero-order chi connectivity index (χ0) is 20.8. The SMILES string of the molecule is C[C@H]1CN(C(=O)OC(C)(C)C)C[C@H](C)N1c1nc2c(C(=O)[O-])cc(Cl)cc2o1.[Li+]. The number of aromatic nitrogens is 1. The summed E-state index contributed by atoms with van der Waals surface area (Å²) in [6, 6.07) is 2.85. The summed E-state index contributed by atoms with van der Waals surface area (Å²) in [6.07, 6.45) is -0.366. The van der Waals surface area contributed by atoms with Crippen LogP contribution in [0.2, 0.25) is 5.02 Å². The number of fused-ring (bicyclic) bond motifs is 1. The monoisotopic (exact) mass is 415 g/mol. The second-order valence-electron chi connectivity index (χ2n) is 8.07. The standard InChI is InChI=1S/C19H24ClN3O5.Li/c1-10-8-22(18(26)28-19(3,4)5)9-11(2)23(10)17-21-15-13(16(24)25)6-12(20)7-14(15)27-17;/h6-7,10-11H,8-9H2,1-5H3,(H,24,25);/q;+1/p-1/t10-,11-;/m0./s1. The summed E-state index contributed by atoms with van der Waals surface area (Å²) < 4.78 is 11.3. The van der Waals surface area contributed by atoms with E-state index in [1.165, 1.54) is 12.1 Å². The van der Waals surface area contributed by atoms with Gasteiger partial charge in [0.2, 0.25) is 0 Å². The number of anilines is 1. The van der Waals surface area contributed by atoms with E-state index in [2.05, 4.69) is 4.98 Å². The normalized spacial score (nSPS) is 19.8. The topological polar surface area (TPSA) is 98.9 Å². The first-order chi connectivity index (χ1) is 13.0. The minimum Gasteiger partial charge on any atom is -0.545 e. The third-order valence-corrected chi connectivity index (χ3v) is 4.68. The molecule has 0 saturated carbocycles. The first-order valence-corrected chi connectivity index (χ1v) is 9.41. The summed E-state index contributed by atoms with van der Waals surface area (Å²) in [7, 11) is 0. The van der Waals surface area contributed by atoms with Gasteiger partial charge in [0, 0.05) is 41.8 Å². The van der Waals surface area contributed by atoms with E-state index < -0.39 is 11.6 Å². The van der Waals surface area contributed by atoms with Crippen LogP contribution in [0.5, 0.6) is 0 Å². The number of carboxylic acids is 1. The molecule has 0 aliphatic carbocycles. The number of ether oxygens (including phenoxy) is 1. The van der Waals surface area contributed by atoms with Crippen molar-refractivity contribution < 1.29 is 42.7 Å². The second kappa shape index (κ2) is 8.47. The van der Waals surface area contributed by atoms with Gasteiger partial charge in [-0.3, -0.25) is 0 Å². The Morgan fingerprint density at radius 1 is 1.24 bits per heavy atom. The maximum Gasteiger partial charge on any atom is 1.00 e.